The molecule has 0 unspecified atom stereocenters. The summed E-state index contributed by atoms with van der Waals surface area (Å²) < 4.78 is 27.8. The normalized spacial score (nSPS) is 11.1. The van der Waals surface area contributed by atoms with Gasteiger partial charge < -0.3 is 15.5 Å². The van der Waals surface area contributed by atoms with E-state index >= 15 is 0 Å². The zero-order valence-electron chi connectivity index (χ0n) is 10.3. The highest BCUT2D eigenvalue weighted by Gasteiger charge is 2.12. The minimum Gasteiger partial charge on any atom is -0.490 e. The molecule has 0 fully saturated rings. The number of sulfone groups is 1. The molecule has 4 N–H and O–H groups in total. The van der Waals surface area contributed by atoms with Gasteiger partial charge in [0.1, 0.15) is 6.33 Å². The standard InChI is InChI=1S/C9H17N5O3S/c1-3-18(15,16)5-4-11-8-7(17-2)9(14-10)13-6-12-8/h6H,3-5,10H2,1-2H3,(H2,11,12,13,14). The second kappa shape index (κ2) is 6.36. The van der Waals surface area contributed by atoms with Crippen LogP contribution in [0.1, 0.15) is 6.92 Å². The van der Waals surface area contributed by atoms with Gasteiger partial charge in [-0.15, -0.1) is 0 Å². The number of hydrogen-bond donors (Lipinski definition) is 3. The Labute approximate surface area is 106 Å². The monoisotopic (exact) mass is 275 g/mol. The number of nitrogens with two attached hydrogens (primary N) is 1. The zero-order valence-corrected chi connectivity index (χ0v) is 11.1. The second-order valence-corrected chi connectivity index (χ2v) is 5.88. The van der Waals surface area contributed by atoms with Gasteiger partial charge in [-0.3, -0.25) is 0 Å². The van der Waals surface area contributed by atoms with Gasteiger partial charge in [-0.2, -0.15) is 0 Å². The lowest BCUT2D eigenvalue weighted by Gasteiger charge is -2.12. The van der Waals surface area contributed by atoms with Crippen LogP contribution in [0.3, 0.4) is 0 Å². The number of nitrogen functional groups attached to an aromatic ring is 1. The van der Waals surface area contributed by atoms with Gasteiger partial charge in [-0.25, -0.2) is 24.2 Å². The number of ether oxygens (including phenoxy) is 1. The van der Waals surface area contributed by atoms with E-state index in [1.165, 1.54) is 13.4 Å². The molecule has 0 saturated carbocycles. The van der Waals surface area contributed by atoms with E-state index in [9.17, 15) is 8.42 Å². The molecule has 0 amide bonds. The molecule has 1 aromatic heterocycles. The molecular weight excluding hydrogens is 258 g/mol. The van der Waals surface area contributed by atoms with Crippen molar-refractivity contribution in [3.05, 3.63) is 6.33 Å². The molecule has 0 aromatic carbocycles. The number of nitrogens with zero attached hydrogens (tertiary/aromatic N) is 2. The van der Waals surface area contributed by atoms with Gasteiger partial charge in [0.15, 0.2) is 21.5 Å². The van der Waals surface area contributed by atoms with Gasteiger partial charge in [0.2, 0.25) is 5.75 Å². The molecule has 8 nitrogen and oxygen atoms in total. The highest BCUT2D eigenvalue weighted by Crippen LogP contribution is 2.27. The van der Waals surface area contributed by atoms with Crippen molar-refractivity contribution in [2.24, 2.45) is 5.84 Å². The summed E-state index contributed by atoms with van der Waals surface area (Å²) in [5.41, 5.74) is 2.37. The lowest BCUT2D eigenvalue weighted by Crippen LogP contribution is -2.18. The van der Waals surface area contributed by atoms with Gasteiger partial charge in [0.05, 0.1) is 12.9 Å². The number of methoxy groups -OCH3 is 1. The van der Waals surface area contributed by atoms with E-state index in [1.807, 2.05) is 0 Å². The van der Waals surface area contributed by atoms with Crippen LogP contribution < -0.4 is 21.3 Å². The van der Waals surface area contributed by atoms with Crippen LogP contribution in [0.25, 0.3) is 0 Å². The average Bonchev–Trinajstić information content (AvgIpc) is 2.38. The second-order valence-electron chi connectivity index (χ2n) is 3.41. The van der Waals surface area contributed by atoms with Gasteiger partial charge in [0.25, 0.3) is 0 Å². The van der Waals surface area contributed by atoms with Crippen molar-refractivity contribution in [3.63, 3.8) is 0 Å². The summed E-state index contributed by atoms with van der Waals surface area (Å²) in [4.78, 5) is 7.84. The summed E-state index contributed by atoms with van der Waals surface area (Å²) in [5, 5.41) is 2.88. The van der Waals surface area contributed by atoms with E-state index in [0.29, 0.717) is 17.4 Å². The molecule has 0 atom stereocenters. The van der Waals surface area contributed by atoms with E-state index in [0.717, 1.165) is 0 Å². The zero-order chi connectivity index (χ0) is 13.6. The fourth-order valence-corrected chi connectivity index (χ4v) is 1.97. The molecule has 18 heavy (non-hydrogen) atoms. The molecule has 1 heterocycles. The highest BCUT2D eigenvalue weighted by molar-refractivity contribution is 7.91. The number of aromatic nitrogens is 2. The van der Waals surface area contributed by atoms with Crippen molar-refractivity contribution in [2.45, 2.75) is 6.92 Å². The fraction of sp³-hybridized carbons (Fsp3) is 0.556. The van der Waals surface area contributed by atoms with Gasteiger partial charge in [0, 0.05) is 12.3 Å². The molecule has 0 aliphatic carbocycles. The highest BCUT2D eigenvalue weighted by atomic mass is 32.2. The van der Waals surface area contributed by atoms with Crippen LogP contribution in [0.5, 0.6) is 5.75 Å². The molecule has 0 saturated heterocycles. The molecule has 0 aliphatic rings. The van der Waals surface area contributed by atoms with Crippen LogP contribution in [-0.2, 0) is 9.84 Å². The maximum atomic E-state index is 11.3. The van der Waals surface area contributed by atoms with E-state index in [2.05, 4.69) is 20.7 Å². The third-order valence-electron chi connectivity index (χ3n) is 2.29. The lowest BCUT2D eigenvalue weighted by atomic mass is 10.4. The van der Waals surface area contributed by atoms with Gasteiger partial charge >= 0.3 is 0 Å². The van der Waals surface area contributed by atoms with Crippen molar-refractivity contribution < 1.29 is 13.2 Å². The van der Waals surface area contributed by atoms with E-state index in [1.54, 1.807) is 6.92 Å². The Morgan fingerprint density at radius 2 is 2.06 bits per heavy atom. The molecule has 0 aliphatic heterocycles. The first kappa shape index (κ1) is 14.5. The summed E-state index contributed by atoms with van der Waals surface area (Å²) in [6.45, 7) is 1.85. The summed E-state index contributed by atoms with van der Waals surface area (Å²) in [5.74, 6) is 6.48. The molecule has 0 radical (unpaired) electrons. The third-order valence-corrected chi connectivity index (χ3v) is 4.00. The first-order valence-electron chi connectivity index (χ1n) is 5.34. The van der Waals surface area contributed by atoms with Gasteiger partial charge in [-0.1, -0.05) is 6.92 Å². The molecule has 102 valence electrons. The number of hydrogen-bond acceptors (Lipinski definition) is 8. The third kappa shape index (κ3) is 3.70. The number of rotatable bonds is 7. The smallest absolute Gasteiger partial charge is 0.205 e. The Hall–Kier alpha value is -1.61. The summed E-state index contributed by atoms with van der Waals surface area (Å²) >= 11 is 0. The number of nitrogens with one attached hydrogen (secondary N) is 2. The van der Waals surface area contributed by atoms with Gasteiger partial charge in [-0.05, 0) is 0 Å². The molecule has 9 heteroatoms. The summed E-state index contributed by atoms with van der Waals surface area (Å²) in [6.07, 6.45) is 1.30. The Bertz CT molecular complexity index is 491. The van der Waals surface area contributed by atoms with Crippen molar-refractivity contribution in [2.75, 3.05) is 35.9 Å². The maximum absolute atomic E-state index is 11.3. The number of hydrazine groups is 1. The van der Waals surface area contributed by atoms with E-state index in [-0.39, 0.29) is 18.1 Å². The minimum absolute atomic E-state index is 0.0298. The minimum atomic E-state index is -3.01. The van der Waals surface area contributed by atoms with Crippen LogP contribution in [-0.4, -0.2) is 43.5 Å². The first-order chi connectivity index (χ1) is 8.54. The average molecular weight is 275 g/mol. The van der Waals surface area contributed by atoms with Crippen molar-refractivity contribution >= 4 is 21.5 Å². The predicted molar refractivity (Wildman–Crippen MR) is 69.2 cm³/mol. The van der Waals surface area contributed by atoms with Crippen LogP contribution in [0.4, 0.5) is 11.6 Å². The fourth-order valence-electron chi connectivity index (χ4n) is 1.27. The summed E-state index contributed by atoms with van der Waals surface area (Å²) in [6, 6.07) is 0. The Balaban J connectivity index is 2.73. The molecule has 0 spiro atoms. The summed E-state index contributed by atoms with van der Waals surface area (Å²) in [7, 11) is -1.56. The topological polar surface area (TPSA) is 119 Å². The SMILES string of the molecule is CCS(=O)(=O)CCNc1ncnc(NN)c1OC. The van der Waals surface area contributed by atoms with Crippen LogP contribution in [0.15, 0.2) is 6.33 Å². The first-order valence-corrected chi connectivity index (χ1v) is 7.16. The molecule has 1 aromatic rings. The Morgan fingerprint density at radius 3 is 2.61 bits per heavy atom. The van der Waals surface area contributed by atoms with E-state index < -0.39 is 9.84 Å². The number of anilines is 2. The Morgan fingerprint density at radius 1 is 1.39 bits per heavy atom. The van der Waals surface area contributed by atoms with Crippen LogP contribution in [0, 0.1) is 0 Å². The predicted octanol–water partition coefficient (Wildman–Crippen LogP) is -0.383. The lowest BCUT2D eigenvalue weighted by molar-refractivity contribution is 0.414. The molecule has 1 rings (SSSR count). The van der Waals surface area contributed by atoms with Crippen LogP contribution in [0.2, 0.25) is 0 Å². The van der Waals surface area contributed by atoms with Crippen LogP contribution >= 0.6 is 0 Å². The Kier molecular flexibility index (Phi) is 5.10. The molecular formula is C9H17N5O3S. The largest absolute Gasteiger partial charge is 0.490 e. The maximum Gasteiger partial charge on any atom is 0.205 e. The quantitative estimate of drug-likeness (QED) is 0.455. The van der Waals surface area contributed by atoms with E-state index in [4.69, 9.17) is 10.6 Å². The van der Waals surface area contributed by atoms with Crippen molar-refractivity contribution in [1.29, 1.82) is 0 Å². The van der Waals surface area contributed by atoms with Crippen molar-refractivity contribution in [3.8, 4) is 5.75 Å². The molecule has 0 bridgehead atoms. The van der Waals surface area contributed by atoms with Crippen molar-refractivity contribution in [1.82, 2.24) is 9.97 Å².